The van der Waals surface area contributed by atoms with Crippen LogP contribution in [0.3, 0.4) is 0 Å². The third kappa shape index (κ3) is 3.11. The summed E-state index contributed by atoms with van der Waals surface area (Å²) in [5.41, 5.74) is 6.95. The van der Waals surface area contributed by atoms with Gasteiger partial charge in [0.1, 0.15) is 0 Å². The highest BCUT2D eigenvalue weighted by atomic mass is 35.5. The molecule has 0 unspecified atom stereocenters. The van der Waals surface area contributed by atoms with Gasteiger partial charge >= 0.3 is 0 Å². The van der Waals surface area contributed by atoms with Gasteiger partial charge in [0.2, 0.25) is 0 Å². The number of rotatable bonds is 5. The Kier molecular flexibility index (Phi) is 5.56. The molecule has 0 aliphatic rings. The molecule has 1 aromatic rings. The molecule has 1 rings (SSSR count). The highest BCUT2D eigenvalue weighted by Crippen LogP contribution is 2.27. The smallest absolute Gasteiger partial charge is 0.0595 e. The summed E-state index contributed by atoms with van der Waals surface area (Å²) >= 11 is 11.9. The number of nitrogens with two attached hydrogens (primary N) is 1. The van der Waals surface area contributed by atoms with Gasteiger partial charge in [-0.05, 0) is 30.8 Å². The van der Waals surface area contributed by atoms with Crippen LogP contribution >= 0.6 is 23.2 Å². The second-order valence-electron chi connectivity index (χ2n) is 3.65. The van der Waals surface area contributed by atoms with Gasteiger partial charge in [-0.15, -0.1) is 0 Å². The summed E-state index contributed by atoms with van der Waals surface area (Å²) in [6, 6.07) is 5.93. The molecular weight excluding hydrogens is 243 g/mol. The van der Waals surface area contributed by atoms with E-state index in [2.05, 4.69) is 18.7 Å². The Morgan fingerprint density at radius 1 is 1.19 bits per heavy atom. The topological polar surface area (TPSA) is 29.3 Å². The van der Waals surface area contributed by atoms with E-state index < -0.39 is 0 Å². The normalized spacial score (nSPS) is 13.1. The van der Waals surface area contributed by atoms with Crippen molar-refractivity contribution in [1.29, 1.82) is 0 Å². The van der Waals surface area contributed by atoms with Crippen molar-refractivity contribution in [3.8, 4) is 0 Å². The van der Waals surface area contributed by atoms with Gasteiger partial charge in [0.05, 0.1) is 10.0 Å². The lowest BCUT2D eigenvalue weighted by atomic mass is 10.1. The van der Waals surface area contributed by atoms with Crippen molar-refractivity contribution in [2.45, 2.75) is 19.9 Å². The van der Waals surface area contributed by atoms with Crippen LogP contribution in [-0.2, 0) is 0 Å². The summed E-state index contributed by atoms with van der Waals surface area (Å²) < 4.78 is 0. The van der Waals surface area contributed by atoms with E-state index in [1.54, 1.807) is 0 Å². The molecular formula is C12H18Cl2N2. The van der Waals surface area contributed by atoms with E-state index in [1.165, 1.54) is 0 Å². The molecule has 1 atom stereocenters. The monoisotopic (exact) mass is 260 g/mol. The molecule has 0 radical (unpaired) electrons. The molecule has 1 aromatic carbocycles. The predicted octanol–water partition coefficient (Wildman–Crippen LogP) is 3.34. The first-order chi connectivity index (χ1) is 7.63. The number of hydrogen-bond acceptors (Lipinski definition) is 2. The average molecular weight is 261 g/mol. The summed E-state index contributed by atoms with van der Waals surface area (Å²) in [7, 11) is 0. The zero-order valence-corrected chi connectivity index (χ0v) is 11.2. The minimum Gasteiger partial charge on any atom is -0.329 e. The summed E-state index contributed by atoms with van der Waals surface area (Å²) in [5.74, 6) is 0. The van der Waals surface area contributed by atoms with Crippen LogP contribution in [0.5, 0.6) is 0 Å². The lowest BCUT2D eigenvalue weighted by molar-refractivity contribution is 0.224. The summed E-state index contributed by atoms with van der Waals surface area (Å²) in [4.78, 5) is 2.31. The minimum absolute atomic E-state index is 0.213. The molecule has 0 amide bonds. The van der Waals surface area contributed by atoms with E-state index >= 15 is 0 Å². The first-order valence-electron chi connectivity index (χ1n) is 5.53. The van der Waals surface area contributed by atoms with Crippen LogP contribution in [0.15, 0.2) is 18.2 Å². The van der Waals surface area contributed by atoms with Crippen LogP contribution in [0.4, 0.5) is 0 Å². The molecule has 0 saturated heterocycles. The van der Waals surface area contributed by atoms with Crippen molar-refractivity contribution >= 4 is 23.2 Å². The number of likely N-dealkylation sites (N-methyl/N-ethyl adjacent to an activating group) is 1. The van der Waals surface area contributed by atoms with E-state index in [-0.39, 0.29) is 6.04 Å². The highest BCUT2D eigenvalue weighted by molar-refractivity contribution is 6.42. The summed E-state index contributed by atoms with van der Waals surface area (Å²) in [6.07, 6.45) is 0. The minimum atomic E-state index is 0.213. The van der Waals surface area contributed by atoms with Gasteiger partial charge in [-0.2, -0.15) is 0 Å². The third-order valence-electron chi connectivity index (χ3n) is 2.80. The van der Waals surface area contributed by atoms with E-state index in [0.29, 0.717) is 16.6 Å². The van der Waals surface area contributed by atoms with Crippen molar-refractivity contribution in [3.63, 3.8) is 0 Å². The fourth-order valence-corrected chi connectivity index (χ4v) is 2.19. The van der Waals surface area contributed by atoms with Gasteiger partial charge in [-0.1, -0.05) is 43.1 Å². The molecule has 0 bridgehead atoms. The molecule has 0 heterocycles. The van der Waals surface area contributed by atoms with Crippen LogP contribution in [-0.4, -0.2) is 24.5 Å². The molecule has 4 heteroatoms. The Balaban J connectivity index is 2.98. The second kappa shape index (κ2) is 6.45. The Morgan fingerprint density at radius 3 is 2.25 bits per heavy atom. The SMILES string of the molecule is CCN(CC)[C@@H](CN)c1ccc(Cl)c(Cl)c1. The van der Waals surface area contributed by atoms with Crippen molar-refractivity contribution in [2.24, 2.45) is 5.73 Å². The second-order valence-corrected chi connectivity index (χ2v) is 4.46. The van der Waals surface area contributed by atoms with E-state index in [4.69, 9.17) is 28.9 Å². The van der Waals surface area contributed by atoms with Gasteiger partial charge in [0, 0.05) is 12.6 Å². The van der Waals surface area contributed by atoms with Crippen LogP contribution in [0.1, 0.15) is 25.5 Å². The molecule has 0 aromatic heterocycles. The van der Waals surface area contributed by atoms with Crippen molar-refractivity contribution in [1.82, 2.24) is 4.90 Å². The summed E-state index contributed by atoms with van der Waals surface area (Å²) in [5, 5.41) is 1.17. The molecule has 0 saturated carbocycles. The molecule has 0 aliphatic heterocycles. The molecule has 0 fully saturated rings. The number of hydrogen-bond donors (Lipinski definition) is 1. The summed E-state index contributed by atoms with van der Waals surface area (Å²) in [6.45, 7) is 6.78. The van der Waals surface area contributed by atoms with E-state index in [9.17, 15) is 0 Å². The highest BCUT2D eigenvalue weighted by Gasteiger charge is 2.16. The fourth-order valence-electron chi connectivity index (χ4n) is 1.88. The number of benzene rings is 1. The number of halogens is 2. The molecule has 0 aliphatic carbocycles. The average Bonchev–Trinajstić information content (AvgIpc) is 2.29. The van der Waals surface area contributed by atoms with Crippen LogP contribution < -0.4 is 5.73 Å². The van der Waals surface area contributed by atoms with Gasteiger partial charge in [0.15, 0.2) is 0 Å². The standard InChI is InChI=1S/C12H18Cl2N2/c1-3-16(4-2)12(8-15)9-5-6-10(13)11(14)7-9/h5-7,12H,3-4,8,15H2,1-2H3/t12-/m0/s1. The van der Waals surface area contributed by atoms with Gasteiger partial charge in [0.25, 0.3) is 0 Å². The Labute approximate surface area is 107 Å². The van der Waals surface area contributed by atoms with E-state index in [0.717, 1.165) is 18.7 Å². The Hall–Kier alpha value is -0.280. The maximum Gasteiger partial charge on any atom is 0.0595 e. The van der Waals surface area contributed by atoms with Gasteiger partial charge in [-0.25, -0.2) is 0 Å². The lowest BCUT2D eigenvalue weighted by Crippen LogP contribution is -2.33. The van der Waals surface area contributed by atoms with Gasteiger partial charge in [-0.3, -0.25) is 4.90 Å². The van der Waals surface area contributed by atoms with E-state index in [1.807, 2.05) is 18.2 Å². The van der Waals surface area contributed by atoms with Crippen molar-refractivity contribution in [2.75, 3.05) is 19.6 Å². The van der Waals surface area contributed by atoms with Gasteiger partial charge < -0.3 is 5.73 Å². The van der Waals surface area contributed by atoms with Crippen molar-refractivity contribution in [3.05, 3.63) is 33.8 Å². The first kappa shape index (κ1) is 13.8. The van der Waals surface area contributed by atoms with Crippen molar-refractivity contribution < 1.29 is 0 Å². The number of nitrogens with zero attached hydrogens (tertiary/aromatic N) is 1. The molecule has 2 N–H and O–H groups in total. The maximum absolute atomic E-state index is 6.01. The van der Waals surface area contributed by atoms with Crippen LogP contribution in [0, 0.1) is 0 Å². The quantitative estimate of drug-likeness (QED) is 0.880. The molecule has 16 heavy (non-hydrogen) atoms. The first-order valence-corrected chi connectivity index (χ1v) is 6.28. The lowest BCUT2D eigenvalue weighted by Gasteiger charge is -2.29. The zero-order valence-electron chi connectivity index (χ0n) is 9.71. The zero-order chi connectivity index (χ0) is 12.1. The predicted molar refractivity (Wildman–Crippen MR) is 71.2 cm³/mol. The molecule has 0 spiro atoms. The Morgan fingerprint density at radius 2 is 1.81 bits per heavy atom. The molecule has 2 nitrogen and oxygen atoms in total. The van der Waals surface area contributed by atoms with Crippen LogP contribution in [0.25, 0.3) is 0 Å². The molecule has 90 valence electrons. The fraction of sp³-hybridized carbons (Fsp3) is 0.500. The maximum atomic E-state index is 6.01. The largest absolute Gasteiger partial charge is 0.329 e. The van der Waals surface area contributed by atoms with Crippen LogP contribution in [0.2, 0.25) is 10.0 Å². The third-order valence-corrected chi connectivity index (χ3v) is 3.54. The Bertz CT molecular complexity index is 338.